The van der Waals surface area contributed by atoms with Gasteiger partial charge in [0.15, 0.2) is 0 Å². The largest absolute Gasteiger partial charge is 0.469 e. The van der Waals surface area contributed by atoms with Gasteiger partial charge in [-0.3, -0.25) is 4.79 Å². The van der Waals surface area contributed by atoms with Crippen LogP contribution in [0.15, 0.2) is 70.1 Å². The Morgan fingerprint density at radius 2 is 1.92 bits per heavy atom. The van der Waals surface area contributed by atoms with E-state index < -0.39 is 5.92 Å². The SMILES string of the molecule is COC(=O)C1C=C(Cl)C=CC1c1cccc2c1oc1ccccc12. The summed E-state index contributed by atoms with van der Waals surface area (Å²) in [5.74, 6) is -0.953. The van der Waals surface area contributed by atoms with Crippen molar-refractivity contribution in [2.75, 3.05) is 7.11 Å². The third kappa shape index (κ3) is 2.33. The first-order chi connectivity index (χ1) is 11.7. The number of hydrogen-bond acceptors (Lipinski definition) is 3. The van der Waals surface area contributed by atoms with Gasteiger partial charge in [-0.25, -0.2) is 0 Å². The van der Waals surface area contributed by atoms with Crippen LogP contribution in [-0.2, 0) is 9.53 Å². The van der Waals surface area contributed by atoms with E-state index in [1.807, 2.05) is 54.6 Å². The summed E-state index contributed by atoms with van der Waals surface area (Å²) in [7, 11) is 1.39. The molecule has 0 N–H and O–H groups in total. The van der Waals surface area contributed by atoms with Gasteiger partial charge in [-0.05, 0) is 12.1 Å². The first-order valence-corrected chi connectivity index (χ1v) is 8.10. The average Bonchev–Trinajstić information content (AvgIpc) is 3.00. The van der Waals surface area contributed by atoms with E-state index in [4.69, 9.17) is 20.8 Å². The van der Waals surface area contributed by atoms with Gasteiger partial charge in [-0.2, -0.15) is 0 Å². The smallest absolute Gasteiger partial charge is 0.313 e. The molecular formula is C20H15ClO3. The molecule has 0 fully saturated rings. The number of hydrogen-bond donors (Lipinski definition) is 0. The highest BCUT2D eigenvalue weighted by Gasteiger charge is 2.31. The normalized spacial score (nSPS) is 20.3. The Labute approximate surface area is 144 Å². The van der Waals surface area contributed by atoms with Crippen molar-refractivity contribution in [1.29, 1.82) is 0 Å². The van der Waals surface area contributed by atoms with Gasteiger partial charge in [-0.1, -0.05) is 60.2 Å². The van der Waals surface area contributed by atoms with Crippen LogP contribution in [-0.4, -0.2) is 13.1 Å². The van der Waals surface area contributed by atoms with Crippen molar-refractivity contribution in [2.24, 2.45) is 5.92 Å². The average molecular weight is 339 g/mol. The molecule has 1 aromatic heterocycles. The Hall–Kier alpha value is -2.52. The van der Waals surface area contributed by atoms with Gasteiger partial charge in [0.2, 0.25) is 0 Å². The Bertz CT molecular complexity index is 996. The van der Waals surface area contributed by atoms with E-state index in [2.05, 4.69) is 0 Å². The number of halogens is 1. The van der Waals surface area contributed by atoms with Gasteiger partial charge in [-0.15, -0.1) is 0 Å². The Balaban J connectivity index is 1.92. The standard InChI is InChI=1S/C20H15ClO3/c1-23-20(22)17-11-12(21)9-10-13(17)15-6-4-7-16-14-5-2-3-8-18(14)24-19(15)16/h2-11,13,17H,1H3. The van der Waals surface area contributed by atoms with Crippen LogP contribution in [0.5, 0.6) is 0 Å². The first kappa shape index (κ1) is 15.0. The quantitative estimate of drug-likeness (QED) is 0.606. The zero-order valence-electron chi connectivity index (χ0n) is 13.0. The van der Waals surface area contributed by atoms with E-state index in [0.29, 0.717) is 5.03 Å². The Morgan fingerprint density at radius 1 is 1.12 bits per heavy atom. The van der Waals surface area contributed by atoms with Crippen LogP contribution in [0, 0.1) is 5.92 Å². The summed E-state index contributed by atoms with van der Waals surface area (Å²) in [6.07, 6.45) is 5.48. The van der Waals surface area contributed by atoms with Crippen LogP contribution in [0.3, 0.4) is 0 Å². The minimum atomic E-state index is -0.466. The molecule has 24 heavy (non-hydrogen) atoms. The third-order valence-electron chi connectivity index (χ3n) is 4.46. The number of carbonyl (C=O) groups is 1. The van der Waals surface area contributed by atoms with Crippen LogP contribution in [0.1, 0.15) is 11.5 Å². The van der Waals surface area contributed by atoms with E-state index in [-0.39, 0.29) is 11.9 Å². The maximum absolute atomic E-state index is 12.2. The van der Waals surface area contributed by atoms with Gasteiger partial charge in [0.25, 0.3) is 0 Å². The summed E-state index contributed by atoms with van der Waals surface area (Å²) in [4.78, 5) is 12.2. The summed E-state index contributed by atoms with van der Waals surface area (Å²) in [6.45, 7) is 0. The van der Waals surface area contributed by atoms with Crippen molar-refractivity contribution >= 4 is 39.5 Å². The number of fused-ring (bicyclic) bond motifs is 3. The summed E-state index contributed by atoms with van der Waals surface area (Å²) in [6, 6.07) is 13.9. The molecule has 1 aliphatic rings. The van der Waals surface area contributed by atoms with Gasteiger partial charge >= 0.3 is 5.97 Å². The second-order valence-electron chi connectivity index (χ2n) is 5.81. The molecule has 0 aliphatic heterocycles. The van der Waals surface area contributed by atoms with Crippen molar-refractivity contribution in [1.82, 2.24) is 0 Å². The van der Waals surface area contributed by atoms with Crippen LogP contribution in [0.2, 0.25) is 0 Å². The maximum Gasteiger partial charge on any atom is 0.313 e. The number of ether oxygens (including phenoxy) is 1. The topological polar surface area (TPSA) is 39.4 Å². The molecule has 4 heteroatoms. The Kier molecular flexibility index (Phi) is 3.66. The van der Waals surface area contributed by atoms with Crippen molar-refractivity contribution in [3.63, 3.8) is 0 Å². The van der Waals surface area contributed by atoms with Crippen LogP contribution < -0.4 is 0 Å². The minimum Gasteiger partial charge on any atom is -0.469 e. The minimum absolute atomic E-state index is 0.177. The molecule has 0 saturated heterocycles. The summed E-state index contributed by atoms with van der Waals surface area (Å²) in [5, 5.41) is 2.65. The molecule has 0 radical (unpaired) electrons. The lowest BCUT2D eigenvalue weighted by molar-refractivity contribution is -0.144. The number of carbonyl (C=O) groups excluding carboxylic acids is 1. The molecule has 0 saturated carbocycles. The summed E-state index contributed by atoms with van der Waals surface area (Å²) in [5.41, 5.74) is 2.59. The fraction of sp³-hybridized carbons (Fsp3) is 0.150. The van der Waals surface area contributed by atoms with E-state index in [1.54, 1.807) is 6.08 Å². The highest BCUT2D eigenvalue weighted by Crippen LogP contribution is 2.40. The molecule has 2 atom stereocenters. The lowest BCUT2D eigenvalue weighted by Crippen LogP contribution is -2.22. The molecule has 2 aromatic carbocycles. The van der Waals surface area contributed by atoms with E-state index in [9.17, 15) is 4.79 Å². The molecule has 3 aromatic rings. The van der Waals surface area contributed by atoms with Crippen molar-refractivity contribution in [3.05, 3.63) is 71.3 Å². The molecule has 1 aliphatic carbocycles. The fourth-order valence-corrected chi connectivity index (χ4v) is 3.53. The highest BCUT2D eigenvalue weighted by molar-refractivity contribution is 6.31. The van der Waals surface area contributed by atoms with E-state index in [1.165, 1.54) is 7.11 Å². The lowest BCUT2D eigenvalue weighted by atomic mass is 9.82. The second kappa shape index (κ2) is 5.84. The van der Waals surface area contributed by atoms with Crippen LogP contribution in [0.4, 0.5) is 0 Å². The van der Waals surface area contributed by atoms with Gasteiger partial charge in [0.05, 0.1) is 13.0 Å². The number of para-hydroxylation sites is 2. The predicted octanol–water partition coefficient (Wildman–Crippen LogP) is 5.15. The summed E-state index contributed by atoms with van der Waals surface area (Å²) < 4.78 is 11.0. The number of allylic oxidation sites excluding steroid dienone is 3. The van der Waals surface area contributed by atoms with Crippen molar-refractivity contribution in [3.8, 4) is 0 Å². The third-order valence-corrected chi connectivity index (χ3v) is 4.71. The lowest BCUT2D eigenvalue weighted by Gasteiger charge is -2.23. The van der Waals surface area contributed by atoms with Crippen molar-refractivity contribution < 1.29 is 13.9 Å². The van der Waals surface area contributed by atoms with E-state index >= 15 is 0 Å². The summed E-state index contributed by atoms with van der Waals surface area (Å²) >= 11 is 6.09. The fourth-order valence-electron chi connectivity index (χ4n) is 3.33. The molecule has 4 rings (SSSR count). The number of methoxy groups -OCH3 is 1. The molecule has 2 unspecified atom stereocenters. The monoisotopic (exact) mass is 338 g/mol. The van der Waals surface area contributed by atoms with Gasteiger partial charge in [0.1, 0.15) is 11.2 Å². The predicted molar refractivity (Wildman–Crippen MR) is 95.0 cm³/mol. The highest BCUT2D eigenvalue weighted by atomic mass is 35.5. The first-order valence-electron chi connectivity index (χ1n) is 7.72. The molecule has 120 valence electrons. The molecule has 3 nitrogen and oxygen atoms in total. The molecule has 0 amide bonds. The maximum atomic E-state index is 12.2. The van der Waals surface area contributed by atoms with E-state index in [0.717, 1.165) is 27.5 Å². The molecule has 0 bridgehead atoms. The zero-order valence-corrected chi connectivity index (χ0v) is 13.8. The van der Waals surface area contributed by atoms with Crippen LogP contribution in [0.25, 0.3) is 21.9 Å². The number of esters is 1. The second-order valence-corrected chi connectivity index (χ2v) is 6.24. The number of rotatable bonds is 2. The van der Waals surface area contributed by atoms with Crippen molar-refractivity contribution in [2.45, 2.75) is 5.92 Å². The Morgan fingerprint density at radius 3 is 2.75 bits per heavy atom. The zero-order chi connectivity index (χ0) is 16.7. The molecule has 0 spiro atoms. The van der Waals surface area contributed by atoms with Crippen LogP contribution >= 0.6 is 11.6 Å². The molecule has 1 heterocycles. The number of furan rings is 1. The van der Waals surface area contributed by atoms with Gasteiger partial charge < -0.3 is 9.15 Å². The number of benzene rings is 2. The van der Waals surface area contributed by atoms with Gasteiger partial charge in [0, 0.05) is 27.3 Å². The molecular weight excluding hydrogens is 324 g/mol.